The van der Waals surface area contributed by atoms with Gasteiger partial charge in [-0.3, -0.25) is 4.79 Å². The molecule has 19 heavy (non-hydrogen) atoms. The van der Waals surface area contributed by atoms with Crippen LogP contribution in [0.4, 0.5) is 0 Å². The zero-order valence-electron chi connectivity index (χ0n) is 12.4. The molecule has 1 heterocycles. The SMILES string of the molecule is COCCN(C)C(=O)C1(N)C2CCCOC2C1(C)C. The fraction of sp³-hybridized carbons (Fsp3) is 0.929. The molecule has 0 aromatic rings. The largest absolute Gasteiger partial charge is 0.383 e. The molecule has 2 fully saturated rings. The summed E-state index contributed by atoms with van der Waals surface area (Å²) in [4.78, 5) is 14.4. The van der Waals surface area contributed by atoms with Gasteiger partial charge in [-0.25, -0.2) is 0 Å². The van der Waals surface area contributed by atoms with Crippen LogP contribution >= 0.6 is 0 Å². The molecule has 2 N–H and O–H groups in total. The van der Waals surface area contributed by atoms with Crippen LogP contribution in [0.3, 0.4) is 0 Å². The number of rotatable bonds is 4. The molecule has 2 aliphatic rings. The molecule has 1 amide bonds. The molecule has 5 nitrogen and oxygen atoms in total. The fourth-order valence-electron chi connectivity index (χ4n) is 3.66. The highest BCUT2D eigenvalue weighted by molar-refractivity contribution is 5.89. The lowest BCUT2D eigenvalue weighted by molar-refractivity contribution is -0.229. The Bertz CT molecular complexity index is 359. The standard InChI is InChI=1S/C14H26N2O3/c1-13(2)11-10(6-5-8-19-11)14(13,15)12(17)16(3)7-9-18-4/h10-11H,5-9,15H2,1-4H3. The van der Waals surface area contributed by atoms with Crippen molar-refractivity contribution in [2.45, 2.75) is 38.3 Å². The Morgan fingerprint density at radius 2 is 2.21 bits per heavy atom. The summed E-state index contributed by atoms with van der Waals surface area (Å²) in [6.07, 6.45) is 2.09. The molecular weight excluding hydrogens is 244 g/mol. The summed E-state index contributed by atoms with van der Waals surface area (Å²) in [5.41, 5.74) is 5.43. The third-order valence-corrected chi connectivity index (χ3v) is 5.02. The molecule has 0 bridgehead atoms. The van der Waals surface area contributed by atoms with E-state index >= 15 is 0 Å². The van der Waals surface area contributed by atoms with Gasteiger partial charge < -0.3 is 20.1 Å². The fourth-order valence-corrected chi connectivity index (χ4v) is 3.66. The van der Waals surface area contributed by atoms with Gasteiger partial charge in [0.05, 0.1) is 12.7 Å². The Kier molecular flexibility index (Phi) is 3.91. The summed E-state index contributed by atoms with van der Waals surface area (Å²) in [7, 11) is 3.43. The number of fused-ring (bicyclic) bond motifs is 1. The van der Waals surface area contributed by atoms with Gasteiger partial charge in [0, 0.05) is 38.6 Å². The predicted molar refractivity (Wildman–Crippen MR) is 72.7 cm³/mol. The first kappa shape index (κ1) is 14.8. The van der Waals surface area contributed by atoms with Crippen molar-refractivity contribution in [3.05, 3.63) is 0 Å². The minimum Gasteiger partial charge on any atom is -0.383 e. The van der Waals surface area contributed by atoms with Crippen LogP contribution in [0.1, 0.15) is 26.7 Å². The lowest BCUT2D eigenvalue weighted by Crippen LogP contribution is -2.82. The third-order valence-electron chi connectivity index (χ3n) is 5.02. The zero-order chi connectivity index (χ0) is 14.3. The maximum Gasteiger partial charge on any atom is 0.243 e. The highest BCUT2D eigenvalue weighted by atomic mass is 16.5. The van der Waals surface area contributed by atoms with E-state index in [9.17, 15) is 4.79 Å². The average Bonchev–Trinajstić information content (AvgIpc) is 2.42. The maximum atomic E-state index is 12.7. The summed E-state index contributed by atoms with van der Waals surface area (Å²) in [6, 6.07) is 0. The third kappa shape index (κ3) is 1.99. The second kappa shape index (κ2) is 5.04. The van der Waals surface area contributed by atoms with Crippen molar-refractivity contribution >= 4 is 5.91 Å². The highest BCUT2D eigenvalue weighted by Gasteiger charge is 2.70. The summed E-state index contributed by atoms with van der Waals surface area (Å²) < 4.78 is 10.8. The van der Waals surface area contributed by atoms with Crippen molar-refractivity contribution in [1.82, 2.24) is 4.90 Å². The van der Waals surface area contributed by atoms with Gasteiger partial charge in [-0.05, 0) is 12.8 Å². The zero-order valence-corrected chi connectivity index (χ0v) is 12.4. The van der Waals surface area contributed by atoms with E-state index in [4.69, 9.17) is 15.2 Å². The number of nitrogens with zero attached hydrogens (tertiary/aromatic N) is 1. The lowest BCUT2D eigenvalue weighted by atomic mass is 9.46. The first-order valence-corrected chi connectivity index (χ1v) is 7.02. The number of hydrogen-bond donors (Lipinski definition) is 1. The molecule has 3 atom stereocenters. The van der Waals surface area contributed by atoms with Crippen molar-refractivity contribution in [1.29, 1.82) is 0 Å². The molecule has 0 aromatic carbocycles. The Hall–Kier alpha value is -0.650. The molecule has 3 unspecified atom stereocenters. The van der Waals surface area contributed by atoms with Crippen LogP contribution in [0.25, 0.3) is 0 Å². The van der Waals surface area contributed by atoms with E-state index in [0.29, 0.717) is 13.2 Å². The molecule has 2 rings (SSSR count). The molecule has 110 valence electrons. The molecule has 5 heteroatoms. The number of carbonyl (C=O) groups excluding carboxylic acids is 1. The van der Waals surface area contributed by atoms with Gasteiger partial charge in [0.2, 0.25) is 5.91 Å². The van der Waals surface area contributed by atoms with Gasteiger partial charge in [-0.15, -0.1) is 0 Å². The van der Waals surface area contributed by atoms with E-state index in [1.807, 2.05) is 13.8 Å². The van der Waals surface area contributed by atoms with E-state index in [-0.39, 0.29) is 23.3 Å². The van der Waals surface area contributed by atoms with Crippen molar-refractivity contribution in [3.8, 4) is 0 Å². The van der Waals surface area contributed by atoms with Gasteiger partial charge in [0.25, 0.3) is 0 Å². The number of amides is 1. The highest BCUT2D eigenvalue weighted by Crippen LogP contribution is 2.57. The average molecular weight is 270 g/mol. The van der Waals surface area contributed by atoms with E-state index in [0.717, 1.165) is 19.4 Å². The Morgan fingerprint density at radius 3 is 2.84 bits per heavy atom. The molecule has 1 saturated heterocycles. The smallest absolute Gasteiger partial charge is 0.243 e. The summed E-state index contributed by atoms with van der Waals surface area (Å²) in [6.45, 7) is 5.98. The quantitative estimate of drug-likeness (QED) is 0.813. The molecular formula is C14H26N2O3. The number of nitrogens with two attached hydrogens (primary N) is 1. The number of likely N-dealkylation sites (N-methyl/N-ethyl adjacent to an activating group) is 1. The van der Waals surface area contributed by atoms with E-state index in [2.05, 4.69) is 0 Å². The van der Waals surface area contributed by atoms with Gasteiger partial charge in [-0.2, -0.15) is 0 Å². The van der Waals surface area contributed by atoms with E-state index < -0.39 is 5.54 Å². The predicted octanol–water partition coefficient (Wildman–Crippen LogP) is 0.624. The van der Waals surface area contributed by atoms with Crippen molar-refractivity contribution in [2.24, 2.45) is 17.1 Å². The van der Waals surface area contributed by atoms with E-state index in [1.165, 1.54) is 0 Å². The van der Waals surface area contributed by atoms with Crippen molar-refractivity contribution in [3.63, 3.8) is 0 Å². The maximum absolute atomic E-state index is 12.7. The van der Waals surface area contributed by atoms with Gasteiger partial charge in [-0.1, -0.05) is 13.8 Å². The topological polar surface area (TPSA) is 64.8 Å². The lowest BCUT2D eigenvalue weighted by Gasteiger charge is -2.65. The number of ether oxygens (including phenoxy) is 2. The molecule has 1 aliphatic heterocycles. The van der Waals surface area contributed by atoms with Gasteiger partial charge in [0.1, 0.15) is 5.54 Å². The second-order valence-electron chi connectivity index (χ2n) is 6.35. The molecule has 0 spiro atoms. The van der Waals surface area contributed by atoms with E-state index in [1.54, 1.807) is 19.1 Å². The Balaban J connectivity index is 2.14. The monoisotopic (exact) mass is 270 g/mol. The number of hydrogen-bond acceptors (Lipinski definition) is 4. The first-order valence-electron chi connectivity index (χ1n) is 7.02. The number of carbonyl (C=O) groups is 1. The van der Waals surface area contributed by atoms with Crippen molar-refractivity contribution in [2.75, 3.05) is 33.9 Å². The van der Waals surface area contributed by atoms with Gasteiger partial charge in [0.15, 0.2) is 0 Å². The summed E-state index contributed by atoms with van der Waals surface area (Å²) in [5, 5.41) is 0. The minimum atomic E-state index is -0.805. The second-order valence-corrected chi connectivity index (χ2v) is 6.35. The summed E-state index contributed by atoms with van der Waals surface area (Å²) in [5.74, 6) is 0.162. The minimum absolute atomic E-state index is 0.0151. The molecule has 1 saturated carbocycles. The van der Waals surface area contributed by atoms with Crippen LogP contribution in [0.2, 0.25) is 0 Å². The molecule has 1 aliphatic carbocycles. The van der Waals surface area contributed by atoms with Crippen LogP contribution < -0.4 is 5.73 Å². The normalized spacial score (nSPS) is 36.3. The van der Waals surface area contributed by atoms with Crippen LogP contribution in [0, 0.1) is 11.3 Å². The molecule has 0 radical (unpaired) electrons. The van der Waals surface area contributed by atoms with Crippen LogP contribution in [-0.4, -0.2) is 56.4 Å². The first-order chi connectivity index (χ1) is 8.87. The Morgan fingerprint density at radius 1 is 1.53 bits per heavy atom. The Labute approximate surface area is 115 Å². The van der Waals surface area contributed by atoms with Crippen LogP contribution in [-0.2, 0) is 14.3 Å². The van der Waals surface area contributed by atoms with Crippen LogP contribution in [0.15, 0.2) is 0 Å². The van der Waals surface area contributed by atoms with Crippen molar-refractivity contribution < 1.29 is 14.3 Å². The summed E-state index contributed by atoms with van der Waals surface area (Å²) >= 11 is 0. The van der Waals surface area contributed by atoms with Crippen LogP contribution in [0.5, 0.6) is 0 Å². The van der Waals surface area contributed by atoms with Gasteiger partial charge >= 0.3 is 0 Å². The molecule has 0 aromatic heterocycles. The number of methoxy groups -OCH3 is 1.